The van der Waals surface area contributed by atoms with Gasteiger partial charge in [0.05, 0.1) is 18.6 Å². The zero-order valence-electron chi connectivity index (χ0n) is 11.4. The summed E-state index contributed by atoms with van der Waals surface area (Å²) in [6.07, 6.45) is 0. The molecule has 6 heteroatoms. The van der Waals surface area contributed by atoms with Gasteiger partial charge < -0.3 is 15.0 Å². The lowest BCUT2D eigenvalue weighted by molar-refractivity contribution is 0.169. The SMILES string of the molecule is Cc1ccc(F)cc1-c1noc(C2(C)COCC2N)n1. The van der Waals surface area contributed by atoms with E-state index >= 15 is 0 Å². The molecular weight excluding hydrogens is 261 g/mol. The van der Waals surface area contributed by atoms with Crippen LogP contribution in [0.3, 0.4) is 0 Å². The number of rotatable bonds is 2. The number of aryl methyl sites for hydroxylation is 1. The second kappa shape index (κ2) is 4.64. The molecular formula is C14H16FN3O2. The van der Waals surface area contributed by atoms with E-state index in [-0.39, 0.29) is 11.9 Å². The van der Waals surface area contributed by atoms with Crippen molar-refractivity contribution >= 4 is 0 Å². The van der Waals surface area contributed by atoms with E-state index in [9.17, 15) is 4.39 Å². The fraction of sp³-hybridized carbons (Fsp3) is 0.429. The molecule has 0 bridgehead atoms. The lowest BCUT2D eigenvalue weighted by Gasteiger charge is -2.21. The number of hydrogen-bond acceptors (Lipinski definition) is 5. The normalized spacial score (nSPS) is 26.1. The summed E-state index contributed by atoms with van der Waals surface area (Å²) >= 11 is 0. The van der Waals surface area contributed by atoms with Gasteiger partial charge in [-0.3, -0.25) is 0 Å². The van der Waals surface area contributed by atoms with Crippen molar-refractivity contribution in [2.75, 3.05) is 13.2 Å². The van der Waals surface area contributed by atoms with Crippen LogP contribution < -0.4 is 5.73 Å². The maximum absolute atomic E-state index is 13.4. The molecule has 1 saturated heterocycles. The van der Waals surface area contributed by atoms with Gasteiger partial charge in [-0.1, -0.05) is 11.2 Å². The first-order chi connectivity index (χ1) is 9.50. The zero-order chi connectivity index (χ0) is 14.3. The smallest absolute Gasteiger partial charge is 0.236 e. The largest absolute Gasteiger partial charge is 0.379 e. The van der Waals surface area contributed by atoms with E-state index in [1.165, 1.54) is 12.1 Å². The second-order valence-corrected chi connectivity index (χ2v) is 5.42. The molecule has 0 spiro atoms. The number of aromatic nitrogens is 2. The molecule has 0 amide bonds. The topological polar surface area (TPSA) is 74.2 Å². The Morgan fingerprint density at radius 1 is 1.45 bits per heavy atom. The third-order valence-corrected chi connectivity index (χ3v) is 3.87. The predicted molar refractivity (Wildman–Crippen MR) is 70.6 cm³/mol. The number of hydrogen-bond donors (Lipinski definition) is 1. The molecule has 2 atom stereocenters. The van der Waals surface area contributed by atoms with E-state index in [1.54, 1.807) is 6.07 Å². The molecule has 0 aliphatic carbocycles. The summed E-state index contributed by atoms with van der Waals surface area (Å²) in [5.74, 6) is 0.475. The lowest BCUT2D eigenvalue weighted by Crippen LogP contribution is -2.42. The van der Waals surface area contributed by atoms with Crippen LogP contribution in [-0.2, 0) is 10.2 Å². The minimum atomic E-state index is -0.494. The number of halogens is 1. The zero-order valence-corrected chi connectivity index (χ0v) is 11.4. The fourth-order valence-electron chi connectivity index (χ4n) is 2.31. The molecule has 0 radical (unpaired) electrons. The van der Waals surface area contributed by atoms with Crippen molar-refractivity contribution < 1.29 is 13.7 Å². The Hall–Kier alpha value is -1.79. The maximum atomic E-state index is 13.4. The number of benzene rings is 1. The van der Waals surface area contributed by atoms with Crippen molar-refractivity contribution in [1.82, 2.24) is 10.1 Å². The molecule has 3 rings (SSSR count). The van der Waals surface area contributed by atoms with Crippen LogP contribution in [0, 0.1) is 12.7 Å². The van der Waals surface area contributed by atoms with Gasteiger partial charge in [0.2, 0.25) is 11.7 Å². The average molecular weight is 277 g/mol. The molecule has 5 nitrogen and oxygen atoms in total. The van der Waals surface area contributed by atoms with E-state index < -0.39 is 5.41 Å². The van der Waals surface area contributed by atoms with Crippen molar-refractivity contribution in [3.63, 3.8) is 0 Å². The molecule has 2 heterocycles. The first-order valence-electron chi connectivity index (χ1n) is 6.45. The lowest BCUT2D eigenvalue weighted by atomic mass is 9.86. The predicted octanol–water partition coefficient (Wildman–Crippen LogP) is 1.80. The second-order valence-electron chi connectivity index (χ2n) is 5.42. The highest BCUT2D eigenvalue weighted by atomic mass is 19.1. The molecule has 106 valence electrons. The molecule has 1 aliphatic rings. The van der Waals surface area contributed by atoms with Gasteiger partial charge in [-0.15, -0.1) is 0 Å². The van der Waals surface area contributed by atoms with Gasteiger partial charge in [0.15, 0.2) is 0 Å². The fourth-order valence-corrected chi connectivity index (χ4v) is 2.31. The molecule has 1 aromatic heterocycles. The Kier molecular flexibility index (Phi) is 3.07. The van der Waals surface area contributed by atoms with Crippen LogP contribution in [0.5, 0.6) is 0 Å². The van der Waals surface area contributed by atoms with Crippen molar-refractivity contribution in [1.29, 1.82) is 0 Å². The standard InChI is InChI=1S/C14H16FN3O2/c1-8-3-4-9(15)5-10(8)12-17-13(20-18-12)14(2)7-19-6-11(14)16/h3-5,11H,6-7,16H2,1-2H3. The third kappa shape index (κ3) is 2.01. The highest BCUT2D eigenvalue weighted by Gasteiger charge is 2.44. The summed E-state index contributed by atoms with van der Waals surface area (Å²) in [4.78, 5) is 4.38. The van der Waals surface area contributed by atoms with E-state index in [1.807, 2.05) is 13.8 Å². The van der Waals surface area contributed by atoms with E-state index in [4.69, 9.17) is 15.0 Å². The monoisotopic (exact) mass is 277 g/mol. The molecule has 0 saturated carbocycles. The summed E-state index contributed by atoms with van der Waals surface area (Å²) in [6.45, 7) is 4.71. The molecule has 2 unspecified atom stereocenters. The minimum Gasteiger partial charge on any atom is -0.379 e. The van der Waals surface area contributed by atoms with E-state index in [0.717, 1.165) is 5.56 Å². The van der Waals surface area contributed by atoms with Gasteiger partial charge in [-0.25, -0.2) is 4.39 Å². The van der Waals surface area contributed by atoms with E-state index in [2.05, 4.69) is 10.1 Å². The summed E-state index contributed by atoms with van der Waals surface area (Å²) in [5, 5.41) is 3.95. The maximum Gasteiger partial charge on any atom is 0.236 e. The Labute approximate surface area is 115 Å². The highest BCUT2D eigenvalue weighted by Crippen LogP contribution is 2.32. The molecule has 1 aromatic carbocycles. The van der Waals surface area contributed by atoms with Crippen molar-refractivity contribution in [3.05, 3.63) is 35.5 Å². The molecule has 20 heavy (non-hydrogen) atoms. The Morgan fingerprint density at radius 3 is 2.95 bits per heavy atom. The van der Waals surface area contributed by atoms with Crippen LogP contribution >= 0.6 is 0 Å². The number of nitrogens with two attached hydrogens (primary N) is 1. The highest BCUT2D eigenvalue weighted by molar-refractivity contribution is 5.59. The first kappa shape index (κ1) is 13.2. The minimum absolute atomic E-state index is 0.190. The van der Waals surface area contributed by atoms with Crippen LogP contribution in [0.1, 0.15) is 18.4 Å². The van der Waals surface area contributed by atoms with Gasteiger partial charge in [-0.05, 0) is 31.5 Å². The molecule has 1 fully saturated rings. The van der Waals surface area contributed by atoms with Gasteiger partial charge in [-0.2, -0.15) is 4.98 Å². The van der Waals surface area contributed by atoms with Crippen LogP contribution in [-0.4, -0.2) is 29.4 Å². The van der Waals surface area contributed by atoms with Gasteiger partial charge in [0.25, 0.3) is 0 Å². The third-order valence-electron chi connectivity index (χ3n) is 3.87. The summed E-state index contributed by atoms with van der Waals surface area (Å²) in [6, 6.07) is 4.30. The Morgan fingerprint density at radius 2 is 2.25 bits per heavy atom. The van der Waals surface area contributed by atoms with Crippen LogP contribution in [0.25, 0.3) is 11.4 Å². The quantitative estimate of drug-likeness (QED) is 0.906. The van der Waals surface area contributed by atoms with Crippen molar-refractivity contribution in [2.45, 2.75) is 25.3 Å². The van der Waals surface area contributed by atoms with Gasteiger partial charge in [0, 0.05) is 11.6 Å². The van der Waals surface area contributed by atoms with Crippen molar-refractivity contribution in [2.24, 2.45) is 5.73 Å². The molecule has 2 N–H and O–H groups in total. The van der Waals surface area contributed by atoms with Crippen molar-refractivity contribution in [3.8, 4) is 11.4 Å². The van der Waals surface area contributed by atoms with Crippen LogP contribution in [0.4, 0.5) is 4.39 Å². The first-order valence-corrected chi connectivity index (χ1v) is 6.45. The molecule has 1 aliphatic heterocycles. The summed E-state index contributed by atoms with van der Waals surface area (Å²) < 4.78 is 24.1. The summed E-state index contributed by atoms with van der Waals surface area (Å²) in [7, 11) is 0. The molecule has 2 aromatic rings. The van der Waals surface area contributed by atoms with Gasteiger partial charge in [0.1, 0.15) is 5.82 Å². The summed E-state index contributed by atoms with van der Waals surface area (Å²) in [5.41, 5.74) is 7.05. The number of nitrogens with zero attached hydrogens (tertiary/aromatic N) is 2. The van der Waals surface area contributed by atoms with Crippen LogP contribution in [0.15, 0.2) is 22.7 Å². The average Bonchev–Trinajstić information content (AvgIpc) is 3.02. The van der Waals surface area contributed by atoms with Gasteiger partial charge >= 0.3 is 0 Å². The Bertz CT molecular complexity index is 643. The Balaban J connectivity index is 2.00. The van der Waals surface area contributed by atoms with Crippen LogP contribution in [0.2, 0.25) is 0 Å². The van der Waals surface area contributed by atoms with E-state index in [0.29, 0.717) is 30.5 Å². The number of ether oxygens (including phenoxy) is 1.